The second kappa shape index (κ2) is 5.83. The molecule has 1 aliphatic rings. The minimum absolute atomic E-state index is 0.306. The van der Waals surface area contributed by atoms with Crippen molar-refractivity contribution in [1.29, 1.82) is 0 Å². The molecule has 0 amide bonds. The number of hydrogen-bond donors (Lipinski definition) is 1. The van der Waals surface area contributed by atoms with E-state index in [0.717, 1.165) is 16.9 Å². The quantitative estimate of drug-likeness (QED) is 0.814. The minimum atomic E-state index is -0.316. The topological polar surface area (TPSA) is 21.3 Å². The third-order valence-corrected chi connectivity index (χ3v) is 3.54. The molecule has 1 atom stereocenters. The summed E-state index contributed by atoms with van der Waals surface area (Å²) in [4.78, 5) is 0. The van der Waals surface area contributed by atoms with Gasteiger partial charge in [0, 0.05) is 17.1 Å². The first-order chi connectivity index (χ1) is 8.16. The van der Waals surface area contributed by atoms with Gasteiger partial charge in [-0.05, 0) is 43.9 Å². The first kappa shape index (κ1) is 12.8. The molecule has 1 aliphatic carbocycles. The van der Waals surface area contributed by atoms with Crippen LogP contribution in [0, 0.1) is 11.7 Å². The van der Waals surface area contributed by atoms with Crippen molar-refractivity contribution in [2.45, 2.75) is 25.8 Å². The van der Waals surface area contributed by atoms with Gasteiger partial charge in [0.15, 0.2) is 11.6 Å². The van der Waals surface area contributed by atoms with E-state index in [9.17, 15) is 4.39 Å². The molecule has 4 heteroatoms. The van der Waals surface area contributed by atoms with Crippen LogP contribution < -0.4 is 10.1 Å². The van der Waals surface area contributed by atoms with Crippen LogP contribution in [-0.2, 0) is 0 Å². The molecule has 1 unspecified atom stereocenters. The van der Waals surface area contributed by atoms with Gasteiger partial charge < -0.3 is 10.1 Å². The van der Waals surface area contributed by atoms with Crippen molar-refractivity contribution in [1.82, 2.24) is 5.32 Å². The predicted octanol–water partition coefficient (Wildman–Crippen LogP) is 3.36. The lowest BCUT2D eigenvalue weighted by atomic mass is 10.2. The molecule has 0 heterocycles. The Bertz CT molecular complexity index is 382. The highest BCUT2D eigenvalue weighted by atomic mass is 79.9. The summed E-state index contributed by atoms with van der Waals surface area (Å²) in [6.45, 7) is 3.44. The molecule has 1 N–H and O–H groups in total. The fraction of sp³-hybridized carbons (Fsp3) is 0.538. The number of halogens is 2. The number of ether oxygens (including phenoxy) is 1. The largest absolute Gasteiger partial charge is 0.489 e. The summed E-state index contributed by atoms with van der Waals surface area (Å²) >= 11 is 3.29. The van der Waals surface area contributed by atoms with E-state index in [4.69, 9.17) is 4.74 Å². The highest BCUT2D eigenvalue weighted by Crippen LogP contribution is 2.32. The zero-order valence-electron chi connectivity index (χ0n) is 9.88. The monoisotopic (exact) mass is 301 g/mol. The molecular weight excluding hydrogens is 285 g/mol. The van der Waals surface area contributed by atoms with Gasteiger partial charge in [0.1, 0.15) is 6.61 Å². The molecule has 1 aromatic carbocycles. The lowest BCUT2D eigenvalue weighted by Crippen LogP contribution is -2.31. The molecule has 0 aliphatic heterocycles. The van der Waals surface area contributed by atoms with Crippen molar-refractivity contribution in [3.63, 3.8) is 0 Å². The van der Waals surface area contributed by atoms with Crippen LogP contribution in [0.15, 0.2) is 22.7 Å². The summed E-state index contributed by atoms with van der Waals surface area (Å²) in [5.74, 6) is 0.821. The van der Waals surface area contributed by atoms with Crippen LogP contribution in [-0.4, -0.2) is 19.2 Å². The fourth-order valence-electron chi connectivity index (χ4n) is 1.80. The second-order valence-corrected chi connectivity index (χ2v) is 5.42. The van der Waals surface area contributed by atoms with Gasteiger partial charge in [-0.2, -0.15) is 0 Å². The van der Waals surface area contributed by atoms with E-state index in [1.165, 1.54) is 18.9 Å². The average Bonchev–Trinajstić information content (AvgIpc) is 3.12. The molecule has 0 aromatic heterocycles. The molecule has 2 nitrogen and oxygen atoms in total. The van der Waals surface area contributed by atoms with E-state index in [1.54, 1.807) is 12.1 Å². The van der Waals surface area contributed by atoms with Crippen LogP contribution >= 0.6 is 15.9 Å². The van der Waals surface area contributed by atoms with Crippen LogP contribution in [0.25, 0.3) is 0 Å². The maximum Gasteiger partial charge on any atom is 0.165 e. The molecule has 0 bridgehead atoms. The molecule has 17 heavy (non-hydrogen) atoms. The SMILES string of the molecule is CC(NCCOc1cc(Br)ccc1F)C1CC1. The molecule has 1 saturated carbocycles. The van der Waals surface area contributed by atoms with Crippen LogP contribution in [0.1, 0.15) is 19.8 Å². The summed E-state index contributed by atoms with van der Waals surface area (Å²) in [5, 5.41) is 3.39. The Morgan fingerprint density at radius 3 is 3.00 bits per heavy atom. The Labute approximate surface area is 110 Å². The van der Waals surface area contributed by atoms with Crippen LogP contribution in [0.5, 0.6) is 5.75 Å². The standard InChI is InChI=1S/C13H17BrFNO/c1-9(10-2-3-10)16-6-7-17-13-8-11(14)4-5-12(13)15/h4-5,8-10,16H,2-3,6-7H2,1H3. The number of hydrogen-bond acceptors (Lipinski definition) is 2. The zero-order valence-corrected chi connectivity index (χ0v) is 11.5. The van der Waals surface area contributed by atoms with Crippen LogP contribution in [0.3, 0.4) is 0 Å². The van der Waals surface area contributed by atoms with E-state index in [0.29, 0.717) is 18.4 Å². The maximum absolute atomic E-state index is 13.3. The van der Waals surface area contributed by atoms with Gasteiger partial charge in [-0.1, -0.05) is 15.9 Å². The molecule has 0 saturated heterocycles. The lowest BCUT2D eigenvalue weighted by molar-refractivity contribution is 0.289. The van der Waals surface area contributed by atoms with E-state index in [-0.39, 0.29) is 5.82 Å². The summed E-state index contributed by atoms with van der Waals surface area (Å²) in [5.41, 5.74) is 0. The molecule has 1 aromatic rings. The Morgan fingerprint density at radius 2 is 2.29 bits per heavy atom. The van der Waals surface area contributed by atoms with Crippen molar-refractivity contribution in [3.05, 3.63) is 28.5 Å². The van der Waals surface area contributed by atoms with Crippen molar-refractivity contribution >= 4 is 15.9 Å². The minimum Gasteiger partial charge on any atom is -0.489 e. The Balaban J connectivity index is 1.71. The van der Waals surface area contributed by atoms with E-state index >= 15 is 0 Å². The van der Waals surface area contributed by atoms with Crippen molar-refractivity contribution in [2.75, 3.05) is 13.2 Å². The van der Waals surface area contributed by atoms with Crippen LogP contribution in [0.2, 0.25) is 0 Å². The fourth-order valence-corrected chi connectivity index (χ4v) is 2.14. The Kier molecular flexibility index (Phi) is 4.40. The smallest absolute Gasteiger partial charge is 0.165 e. The molecule has 2 rings (SSSR count). The van der Waals surface area contributed by atoms with Crippen molar-refractivity contribution in [2.24, 2.45) is 5.92 Å². The number of rotatable bonds is 6. The normalized spacial score (nSPS) is 16.9. The Hall–Kier alpha value is -0.610. The first-order valence-corrected chi connectivity index (χ1v) is 6.77. The van der Waals surface area contributed by atoms with Crippen molar-refractivity contribution < 1.29 is 9.13 Å². The maximum atomic E-state index is 13.3. The number of nitrogens with one attached hydrogen (secondary N) is 1. The molecule has 1 fully saturated rings. The lowest BCUT2D eigenvalue weighted by Gasteiger charge is -2.13. The summed E-state index contributed by atoms with van der Waals surface area (Å²) < 4.78 is 19.6. The molecular formula is C13H17BrFNO. The predicted molar refractivity (Wildman–Crippen MR) is 69.8 cm³/mol. The average molecular weight is 302 g/mol. The van der Waals surface area contributed by atoms with E-state index < -0.39 is 0 Å². The van der Waals surface area contributed by atoms with Gasteiger partial charge >= 0.3 is 0 Å². The Morgan fingerprint density at radius 1 is 1.53 bits per heavy atom. The van der Waals surface area contributed by atoms with Crippen LogP contribution in [0.4, 0.5) is 4.39 Å². The first-order valence-electron chi connectivity index (χ1n) is 5.98. The molecule has 0 radical (unpaired) electrons. The highest BCUT2D eigenvalue weighted by molar-refractivity contribution is 9.10. The number of benzene rings is 1. The van der Waals surface area contributed by atoms with Gasteiger partial charge in [0.25, 0.3) is 0 Å². The van der Waals surface area contributed by atoms with Gasteiger partial charge in [-0.3, -0.25) is 0 Å². The van der Waals surface area contributed by atoms with Crippen molar-refractivity contribution in [3.8, 4) is 5.75 Å². The zero-order chi connectivity index (χ0) is 12.3. The third-order valence-electron chi connectivity index (χ3n) is 3.05. The summed E-state index contributed by atoms with van der Waals surface area (Å²) in [7, 11) is 0. The third kappa shape index (κ3) is 3.96. The summed E-state index contributed by atoms with van der Waals surface area (Å²) in [6.07, 6.45) is 2.66. The van der Waals surface area contributed by atoms with E-state index in [2.05, 4.69) is 28.2 Å². The van der Waals surface area contributed by atoms with Gasteiger partial charge in [-0.25, -0.2) is 4.39 Å². The molecule has 0 spiro atoms. The summed E-state index contributed by atoms with van der Waals surface area (Å²) in [6, 6.07) is 5.26. The second-order valence-electron chi connectivity index (χ2n) is 4.50. The molecule has 94 valence electrons. The van der Waals surface area contributed by atoms with Gasteiger partial charge in [0.05, 0.1) is 0 Å². The van der Waals surface area contributed by atoms with Gasteiger partial charge in [-0.15, -0.1) is 0 Å². The van der Waals surface area contributed by atoms with E-state index in [1.807, 2.05) is 0 Å². The highest BCUT2D eigenvalue weighted by Gasteiger charge is 2.27. The van der Waals surface area contributed by atoms with Gasteiger partial charge in [0.2, 0.25) is 0 Å².